The van der Waals surface area contributed by atoms with Crippen LogP contribution in [0.5, 0.6) is 0 Å². The molecular formula is C29H44. The molecule has 1 aromatic carbocycles. The first-order valence-corrected chi connectivity index (χ1v) is 13.2. The van der Waals surface area contributed by atoms with Gasteiger partial charge in [-0.25, -0.2) is 0 Å². The SMILES string of the molecule is Cc1ccc(CCC(C)C2CCC3C2CCC2C4CCC(C)CC4CCC23)cc1. The molecule has 0 heterocycles. The zero-order valence-electron chi connectivity index (χ0n) is 19.3. The lowest BCUT2D eigenvalue weighted by Crippen LogP contribution is -2.45. The predicted molar refractivity (Wildman–Crippen MR) is 124 cm³/mol. The molecule has 0 aliphatic heterocycles. The fourth-order valence-corrected chi connectivity index (χ4v) is 8.86. The first-order valence-electron chi connectivity index (χ1n) is 13.2. The Hall–Kier alpha value is -0.780. The van der Waals surface area contributed by atoms with Crippen molar-refractivity contribution in [3.05, 3.63) is 35.4 Å². The van der Waals surface area contributed by atoms with Gasteiger partial charge in [0.2, 0.25) is 0 Å². The van der Waals surface area contributed by atoms with Crippen LogP contribution in [0.25, 0.3) is 0 Å². The highest BCUT2D eigenvalue weighted by Gasteiger charge is 2.51. The summed E-state index contributed by atoms with van der Waals surface area (Å²) in [6.07, 6.45) is 16.8. The zero-order chi connectivity index (χ0) is 20.0. The molecule has 0 spiro atoms. The molecule has 9 atom stereocenters. The van der Waals surface area contributed by atoms with Gasteiger partial charge in [-0.2, -0.15) is 0 Å². The van der Waals surface area contributed by atoms with Crippen LogP contribution in [0.2, 0.25) is 0 Å². The minimum Gasteiger partial charge on any atom is -0.0625 e. The molecule has 0 nitrogen and oxygen atoms in total. The number of hydrogen-bond donors (Lipinski definition) is 0. The first kappa shape index (κ1) is 20.1. The molecule has 29 heavy (non-hydrogen) atoms. The molecular weight excluding hydrogens is 348 g/mol. The summed E-state index contributed by atoms with van der Waals surface area (Å²) in [5.41, 5.74) is 2.94. The molecule has 0 aromatic heterocycles. The topological polar surface area (TPSA) is 0 Å². The molecule has 0 N–H and O–H groups in total. The lowest BCUT2D eigenvalue weighted by atomic mass is 9.52. The number of aryl methyl sites for hydroxylation is 2. The van der Waals surface area contributed by atoms with Crippen LogP contribution >= 0.6 is 0 Å². The largest absolute Gasteiger partial charge is 0.0625 e. The summed E-state index contributed by atoms with van der Waals surface area (Å²) in [6, 6.07) is 9.28. The van der Waals surface area contributed by atoms with Gasteiger partial charge in [-0.3, -0.25) is 0 Å². The molecule has 4 aliphatic carbocycles. The molecule has 0 amide bonds. The predicted octanol–water partition coefficient (Wildman–Crippen LogP) is 8.08. The summed E-state index contributed by atoms with van der Waals surface area (Å²) < 4.78 is 0. The Balaban J connectivity index is 1.20. The van der Waals surface area contributed by atoms with Crippen molar-refractivity contribution in [1.29, 1.82) is 0 Å². The Labute approximate surface area is 180 Å². The van der Waals surface area contributed by atoms with Crippen molar-refractivity contribution in [3.63, 3.8) is 0 Å². The summed E-state index contributed by atoms with van der Waals surface area (Å²) in [4.78, 5) is 0. The van der Waals surface area contributed by atoms with Gasteiger partial charge in [-0.05, 0) is 130 Å². The Morgan fingerprint density at radius 1 is 0.759 bits per heavy atom. The summed E-state index contributed by atoms with van der Waals surface area (Å²) in [6.45, 7) is 7.30. The first-order chi connectivity index (χ1) is 14.1. The summed E-state index contributed by atoms with van der Waals surface area (Å²) in [5, 5.41) is 0. The van der Waals surface area contributed by atoms with Gasteiger partial charge in [0.1, 0.15) is 0 Å². The van der Waals surface area contributed by atoms with Gasteiger partial charge in [0, 0.05) is 0 Å². The minimum absolute atomic E-state index is 0.912. The maximum Gasteiger partial charge on any atom is -0.0276 e. The van der Waals surface area contributed by atoms with Gasteiger partial charge in [0.15, 0.2) is 0 Å². The minimum atomic E-state index is 0.912. The third kappa shape index (κ3) is 3.95. The summed E-state index contributed by atoms with van der Waals surface area (Å²) in [7, 11) is 0. The third-order valence-electron chi connectivity index (χ3n) is 10.3. The van der Waals surface area contributed by atoms with Crippen molar-refractivity contribution < 1.29 is 0 Å². The van der Waals surface area contributed by atoms with Crippen LogP contribution < -0.4 is 0 Å². The fourth-order valence-electron chi connectivity index (χ4n) is 8.86. The quantitative estimate of drug-likeness (QED) is 0.486. The molecule has 4 aliphatic rings. The summed E-state index contributed by atoms with van der Waals surface area (Å²) in [5.74, 6) is 9.55. The lowest BCUT2D eigenvalue weighted by molar-refractivity contribution is -0.0355. The van der Waals surface area contributed by atoms with E-state index in [-0.39, 0.29) is 0 Å². The molecule has 4 saturated carbocycles. The number of hydrogen-bond acceptors (Lipinski definition) is 0. The Bertz CT molecular complexity index is 672. The highest BCUT2D eigenvalue weighted by atomic mass is 14.6. The van der Waals surface area contributed by atoms with E-state index in [2.05, 4.69) is 45.0 Å². The average molecular weight is 393 g/mol. The van der Waals surface area contributed by atoms with Crippen molar-refractivity contribution in [2.45, 2.75) is 91.4 Å². The molecule has 0 saturated heterocycles. The van der Waals surface area contributed by atoms with E-state index in [1.807, 2.05) is 0 Å². The molecule has 4 fully saturated rings. The second kappa shape index (κ2) is 8.39. The van der Waals surface area contributed by atoms with Gasteiger partial charge >= 0.3 is 0 Å². The maximum atomic E-state index is 2.59. The Kier molecular flexibility index (Phi) is 5.83. The van der Waals surface area contributed by atoms with E-state index in [0.717, 1.165) is 53.3 Å². The van der Waals surface area contributed by atoms with Crippen LogP contribution in [-0.4, -0.2) is 0 Å². The van der Waals surface area contributed by atoms with Crippen molar-refractivity contribution in [2.24, 2.45) is 53.3 Å². The van der Waals surface area contributed by atoms with Crippen LogP contribution in [0.1, 0.15) is 89.2 Å². The van der Waals surface area contributed by atoms with Gasteiger partial charge in [-0.15, -0.1) is 0 Å². The number of fused-ring (bicyclic) bond motifs is 5. The van der Waals surface area contributed by atoms with Crippen molar-refractivity contribution in [2.75, 3.05) is 0 Å². The van der Waals surface area contributed by atoms with Crippen LogP contribution in [0.4, 0.5) is 0 Å². The molecule has 0 heteroatoms. The second-order valence-corrected chi connectivity index (χ2v) is 11.9. The van der Waals surface area contributed by atoms with E-state index < -0.39 is 0 Å². The van der Waals surface area contributed by atoms with Gasteiger partial charge in [-0.1, -0.05) is 50.1 Å². The van der Waals surface area contributed by atoms with E-state index in [0.29, 0.717) is 0 Å². The Morgan fingerprint density at radius 3 is 2.21 bits per heavy atom. The van der Waals surface area contributed by atoms with Crippen LogP contribution in [0.15, 0.2) is 24.3 Å². The van der Waals surface area contributed by atoms with Crippen LogP contribution in [0, 0.1) is 60.2 Å². The van der Waals surface area contributed by atoms with Crippen LogP contribution in [0.3, 0.4) is 0 Å². The number of benzene rings is 1. The molecule has 9 unspecified atom stereocenters. The van der Waals surface area contributed by atoms with E-state index in [9.17, 15) is 0 Å². The van der Waals surface area contributed by atoms with E-state index in [4.69, 9.17) is 0 Å². The van der Waals surface area contributed by atoms with Gasteiger partial charge in [0.25, 0.3) is 0 Å². The molecule has 0 radical (unpaired) electrons. The van der Waals surface area contributed by atoms with E-state index in [1.54, 1.807) is 56.9 Å². The summed E-state index contributed by atoms with van der Waals surface area (Å²) >= 11 is 0. The molecule has 160 valence electrons. The smallest absolute Gasteiger partial charge is 0.0276 e. The molecule has 5 rings (SSSR count). The number of rotatable bonds is 4. The average Bonchev–Trinajstić information content (AvgIpc) is 3.17. The maximum absolute atomic E-state index is 2.59. The van der Waals surface area contributed by atoms with Crippen LogP contribution in [-0.2, 0) is 6.42 Å². The van der Waals surface area contributed by atoms with E-state index in [1.165, 1.54) is 24.8 Å². The fraction of sp³-hybridized carbons (Fsp3) is 0.793. The van der Waals surface area contributed by atoms with E-state index >= 15 is 0 Å². The van der Waals surface area contributed by atoms with Crippen molar-refractivity contribution >= 4 is 0 Å². The molecule has 1 aromatic rings. The standard InChI is InChI=1S/C29H44/c1-19-4-8-22(9-5-19)10-7-21(3)24-14-15-29-26(24)16-17-27-25-12-6-20(2)18-23(25)11-13-28(27)29/h4-5,8-9,20-21,23-29H,6-7,10-18H2,1-3H3. The Morgan fingerprint density at radius 2 is 1.38 bits per heavy atom. The second-order valence-electron chi connectivity index (χ2n) is 11.9. The zero-order valence-corrected chi connectivity index (χ0v) is 19.3. The van der Waals surface area contributed by atoms with Gasteiger partial charge < -0.3 is 0 Å². The van der Waals surface area contributed by atoms with Crippen molar-refractivity contribution in [1.82, 2.24) is 0 Å². The van der Waals surface area contributed by atoms with Crippen molar-refractivity contribution in [3.8, 4) is 0 Å². The van der Waals surface area contributed by atoms with Gasteiger partial charge in [0.05, 0.1) is 0 Å². The molecule has 0 bridgehead atoms. The normalized spacial score (nSPS) is 42.6. The monoisotopic (exact) mass is 392 g/mol. The third-order valence-corrected chi connectivity index (χ3v) is 10.3. The lowest BCUT2D eigenvalue weighted by Gasteiger charge is -2.53. The highest BCUT2D eigenvalue weighted by molar-refractivity contribution is 5.21. The highest BCUT2D eigenvalue weighted by Crippen LogP contribution is 2.60.